The number of methoxy groups -OCH3 is 1. The Balaban J connectivity index is 0.00000225. The maximum Gasteiger partial charge on any atom is 1.00 e. The Hall–Kier alpha value is 0.181. The molecule has 7 heteroatoms. The summed E-state index contributed by atoms with van der Waals surface area (Å²) in [6, 6.07) is 5.74. The maximum atomic E-state index is 12.6. The van der Waals surface area contributed by atoms with Gasteiger partial charge in [-0.15, -0.1) is 0 Å². The quantitative estimate of drug-likeness (QED) is 0.563. The van der Waals surface area contributed by atoms with Crippen LogP contribution in [0, 0.1) is 0 Å². The number of halogens is 4. The molecule has 82 valence electrons. The first-order chi connectivity index (χ1) is 6.93. The first kappa shape index (κ1) is 16.2. The number of ether oxygens (including phenoxy) is 1. The van der Waals surface area contributed by atoms with Gasteiger partial charge in [-0.1, -0.05) is 18.2 Å². The normalized spacial score (nSPS) is 11.9. The van der Waals surface area contributed by atoms with Gasteiger partial charge in [0.2, 0.25) is 0 Å². The Morgan fingerprint density at radius 1 is 1.31 bits per heavy atom. The summed E-state index contributed by atoms with van der Waals surface area (Å²) >= 11 is 0. The molecule has 0 aliphatic heterocycles. The van der Waals surface area contributed by atoms with Gasteiger partial charge in [0.25, 0.3) is 0 Å². The molecule has 0 spiro atoms. The number of rotatable bonds is 3. The molecule has 0 fully saturated rings. The zero-order chi connectivity index (χ0) is 11.5. The van der Waals surface area contributed by atoms with Crippen molar-refractivity contribution in [2.45, 2.75) is 0 Å². The predicted molar refractivity (Wildman–Crippen MR) is 51.2 cm³/mol. The van der Waals surface area contributed by atoms with Gasteiger partial charge >= 0.3 is 58.4 Å². The second-order valence-electron chi connectivity index (χ2n) is 2.88. The standard InChI is InChI=1S/C9H8BF4O.K/c1-15-8-4-2-3-7(5-8)6-9(11)10(12,13)14;/h2-6H,1H3;/q-1;+1/b9-6-;. The van der Waals surface area contributed by atoms with E-state index in [2.05, 4.69) is 0 Å². The third kappa shape index (κ3) is 5.01. The van der Waals surface area contributed by atoms with Gasteiger partial charge in [0, 0.05) is 5.73 Å². The van der Waals surface area contributed by atoms with E-state index >= 15 is 0 Å². The topological polar surface area (TPSA) is 9.23 Å². The molecule has 0 N–H and O–H groups in total. The summed E-state index contributed by atoms with van der Waals surface area (Å²) in [5.41, 5.74) is -1.95. The average molecular weight is 258 g/mol. The molecular formula is C9H8BF4KO. The van der Waals surface area contributed by atoms with Crippen LogP contribution in [0.2, 0.25) is 0 Å². The van der Waals surface area contributed by atoms with Gasteiger partial charge in [0.15, 0.2) is 0 Å². The van der Waals surface area contributed by atoms with Crippen LogP contribution in [-0.4, -0.2) is 14.1 Å². The first-order valence-electron chi connectivity index (χ1n) is 4.14. The van der Waals surface area contributed by atoms with E-state index in [1.807, 2.05) is 0 Å². The molecule has 0 unspecified atom stereocenters. The van der Waals surface area contributed by atoms with Crippen LogP contribution in [0.25, 0.3) is 6.08 Å². The van der Waals surface area contributed by atoms with Crippen molar-refractivity contribution in [2.75, 3.05) is 7.11 Å². The van der Waals surface area contributed by atoms with Crippen LogP contribution >= 0.6 is 0 Å². The number of benzene rings is 1. The SMILES string of the molecule is COc1cccc(/C=C(\F)[B-](F)(F)F)c1.[K+]. The summed E-state index contributed by atoms with van der Waals surface area (Å²) in [6.45, 7) is -5.56. The summed E-state index contributed by atoms with van der Waals surface area (Å²) in [5.74, 6) is 0.381. The number of hydrogen-bond donors (Lipinski definition) is 0. The van der Waals surface area contributed by atoms with Crippen molar-refractivity contribution < 1.29 is 73.5 Å². The predicted octanol–water partition coefficient (Wildman–Crippen LogP) is 0.396. The Morgan fingerprint density at radius 2 is 1.94 bits per heavy atom. The van der Waals surface area contributed by atoms with E-state index in [9.17, 15) is 17.3 Å². The number of hydrogen-bond acceptors (Lipinski definition) is 1. The summed E-state index contributed by atoms with van der Waals surface area (Å²) in [5, 5.41) is 0. The molecule has 0 radical (unpaired) electrons. The van der Waals surface area contributed by atoms with E-state index in [0.717, 1.165) is 0 Å². The van der Waals surface area contributed by atoms with Crippen LogP contribution in [0.3, 0.4) is 0 Å². The van der Waals surface area contributed by atoms with Crippen molar-refractivity contribution in [3.63, 3.8) is 0 Å². The van der Waals surface area contributed by atoms with Crippen molar-refractivity contribution >= 4 is 13.1 Å². The molecule has 0 heterocycles. The van der Waals surface area contributed by atoms with Crippen molar-refractivity contribution in [3.8, 4) is 5.75 Å². The largest absolute Gasteiger partial charge is 1.00 e. The van der Waals surface area contributed by atoms with Crippen molar-refractivity contribution in [3.05, 3.63) is 35.6 Å². The molecule has 1 aromatic rings. The minimum Gasteiger partial charge on any atom is -0.497 e. The third-order valence-electron chi connectivity index (χ3n) is 1.71. The molecule has 0 amide bonds. The Labute approximate surface area is 133 Å². The molecule has 0 saturated heterocycles. The van der Waals surface area contributed by atoms with Gasteiger partial charge in [0.05, 0.1) is 7.11 Å². The molecule has 0 aliphatic carbocycles. The van der Waals surface area contributed by atoms with E-state index in [4.69, 9.17) is 4.74 Å². The van der Waals surface area contributed by atoms with E-state index in [1.165, 1.54) is 25.3 Å². The molecule has 1 rings (SSSR count). The van der Waals surface area contributed by atoms with E-state index < -0.39 is 12.7 Å². The van der Waals surface area contributed by atoms with Crippen molar-refractivity contribution in [1.82, 2.24) is 0 Å². The summed E-state index contributed by atoms with van der Waals surface area (Å²) in [7, 11) is 1.38. The average Bonchev–Trinajstić information content (AvgIpc) is 2.16. The second kappa shape index (κ2) is 6.81. The Morgan fingerprint density at radius 3 is 2.44 bits per heavy atom. The molecule has 0 bridgehead atoms. The van der Waals surface area contributed by atoms with Gasteiger partial charge in [-0.25, -0.2) is 4.39 Å². The molecule has 16 heavy (non-hydrogen) atoms. The zero-order valence-electron chi connectivity index (χ0n) is 8.88. The molecule has 1 aromatic carbocycles. The molecule has 0 aromatic heterocycles. The minimum absolute atomic E-state index is 0. The zero-order valence-corrected chi connectivity index (χ0v) is 12.0. The fraction of sp³-hybridized carbons (Fsp3) is 0.111. The molecule has 0 atom stereocenters. The fourth-order valence-electron chi connectivity index (χ4n) is 0.985. The summed E-state index contributed by atoms with van der Waals surface area (Å²) in [6.07, 6.45) is 0.447. The van der Waals surface area contributed by atoms with Crippen LogP contribution in [0.4, 0.5) is 17.3 Å². The fourth-order valence-corrected chi connectivity index (χ4v) is 0.985. The third-order valence-corrected chi connectivity index (χ3v) is 1.71. The summed E-state index contributed by atoms with van der Waals surface area (Å²) < 4.78 is 53.1. The van der Waals surface area contributed by atoms with Crippen LogP contribution in [0.1, 0.15) is 5.56 Å². The molecule has 1 nitrogen and oxygen atoms in total. The minimum atomic E-state index is -5.56. The molecule has 0 aliphatic rings. The van der Waals surface area contributed by atoms with Crippen molar-refractivity contribution in [2.24, 2.45) is 0 Å². The van der Waals surface area contributed by atoms with Gasteiger partial charge in [-0.3, -0.25) is 0 Å². The van der Waals surface area contributed by atoms with E-state index in [0.29, 0.717) is 11.8 Å². The van der Waals surface area contributed by atoms with Gasteiger partial charge in [0.1, 0.15) is 5.75 Å². The van der Waals surface area contributed by atoms with Crippen molar-refractivity contribution in [1.29, 1.82) is 0 Å². The monoisotopic (exact) mass is 258 g/mol. The Bertz CT molecular complexity index is 378. The van der Waals surface area contributed by atoms with Gasteiger partial charge in [-0.2, -0.15) is 0 Å². The second-order valence-corrected chi connectivity index (χ2v) is 2.88. The van der Waals surface area contributed by atoms with E-state index in [1.54, 1.807) is 6.07 Å². The van der Waals surface area contributed by atoms with Gasteiger partial charge in [-0.05, 0) is 17.7 Å². The van der Waals surface area contributed by atoms with Gasteiger partial charge < -0.3 is 17.7 Å². The first-order valence-corrected chi connectivity index (χ1v) is 4.14. The van der Waals surface area contributed by atoms with E-state index in [-0.39, 0.29) is 56.9 Å². The van der Waals surface area contributed by atoms with Crippen LogP contribution in [0.5, 0.6) is 5.75 Å². The summed E-state index contributed by atoms with van der Waals surface area (Å²) in [4.78, 5) is 0. The smallest absolute Gasteiger partial charge is 0.497 e. The van der Waals surface area contributed by atoms with Crippen LogP contribution in [-0.2, 0) is 0 Å². The molecular weight excluding hydrogens is 250 g/mol. The van der Waals surface area contributed by atoms with Crippen LogP contribution < -0.4 is 56.1 Å². The van der Waals surface area contributed by atoms with Crippen LogP contribution in [0.15, 0.2) is 30.0 Å². The Kier molecular flexibility index (Phi) is 6.88. The molecule has 0 saturated carbocycles. The maximum absolute atomic E-state index is 12.6.